The number of carboxylic acid groups (broad SMARTS) is 1. The topological polar surface area (TPSA) is 86.4 Å². The molecule has 1 aliphatic rings. The van der Waals surface area contributed by atoms with Crippen molar-refractivity contribution in [3.63, 3.8) is 0 Å². The molecule has 0 radical (unpaired) electrons. The lowest BCUT2D eigenvalue weighted by Crippen LogP contribution is -2.26. The van der Waals surface area contributed by atoms with Gasteiger partial charge in [0.1, 0.15) is 28.6 Å². The van der Waals surface area contributed by atoms with Crippen LogP contribution in [0.1, 0.15) is 48.8 Å². The number of hydrogen-bond acceptors (Lipinski definition) is 4. The Hall–Kier alpha value is -2.64. The monoisotopic (exact) mass is 349 g/mol. The van der Waals surface area contributed by atoms with Crippen LogP contribution in [0.5, 0.6) is 5.75 Å². The molecule has 1 aliphatic heterocycles. The normalized spacial score (nSPS) is 13.5. The van der Waals surface area contributed by atoms with Crippen molar-refractivity contribution in [2.45, 2.75) is 45.6 Å². The summed E-state index contributed by atoms with van der Waals surface area (Å²) in [6.45, 7) is 2.85. The average molecular weight is 349 g/mol. The molecule has 0 atom stereocenters. The van der Waals surface area contributed by atoms with Gasteiger partial charge in [0.25, 0.3) is 0 Å². The molecule has 2 aromatic rings. The first-order valence-electron chi connectivity index (χ1n) is 8.41. The van der Waals surface area contributed by atoms with Crippen molar-refractivity contribution in [1.29, 1.82) is 0 Å². The van der Waals surface area contributed by atoms with Gasteiger partial charge in [-0.05, 0) is 25.3 Å². The van der Waals surface area contributed by atoms with Crippen LogP contribution in [-0.4, -0.2) is 32.0 Å². The van der Waals surface area contributed by atoms with Crippen molar-refractivity contribution < 1.29 is 19.0 Å². The second-order valence-corrected chi connectivity index (χ2v) is 6.03. The number of fused-ring (bicyclic) bond motifs is 1. The predicted molar refractivity (Wildman–Crippen MR) is 88.1 cm³/mol. The maximum Gasteiger partial charge on any atom is 0.350 e. The van der Waals surface area contributed by atoms with Crippen molar-refractivity contribution in [2.24, 2.45) is 0 Å². The van der Waals surface area contributed by atoms with Gasteiger partial charge in [0, 0.05) is 19.0 Å². The van der Waals surface area contributed by atoms with Crippen LogP contribution >= 0.6 is 0 Å². The summed E-state index contributed by atoms with van der Waals surface area (Å²) < 4.78 is 22.5. The molecule has 7 nitrogen and oxygen atoms in total. The first kappa shape index (κ1) is 17.2. The fourth-order valence-electron chi connectivity index (χ4n) is 2.87. The lowest BCUT2D eigenvalue weighted by atomic mass is 10.1. The van der Waals surface area contributed by atoms with Gasteiger partial charge in [0.15, 0.2) is 0 Å². The van der Waals surface area contributed by atoms with Crippen LogP contribution in [0.15, 0.2) is 16.9 Å². The molecule has 1 aromatic heterocycles. The Morgan fingerprint density at radius 2 is 2.20 bits per heavy atom. The second kappa shape index (κ2) is 7.08. The highest BCUT2D eigenvalue weighted by Crippen LogP contribution is 2.26. The van der Waals surface area contributed by atoms with Gasteiger partial charge in [-0.1, -0.05) is 13.3 Å². The fourth-order valence-corrected chi connectivity index (χ4v) is 2.87. The maximum absolute atomic E-state index is 14.5. The molecular formula is C17H20FN3O4. The first-order chi connectivity index (χ1) is 12.0. The van der Waals surface area contributed by atoms with E-state index in [1.54, 1.807) is 0 Å². The Labute approximate surface area is 143 Å². The zero-order valence-corrected chi connectivity index (χ0v) is 14.0. The summed E-state index contributed by atoms with van der Waals surface area (Å²) in [5.74, 6) is -1.45. The van der Waals surface area contributed by atoms with E-state index in [0.717, 1.165) is 36.4 Å². The average Bonchev–Trinajstić information content (AvgIpc) is 2.93. The minimum absolute atomic E-state index is 0.0372. The van der Waals surface area contributed by atoms with Crippen LogP contribution in [0.3, 0.4) is 0 Å². The van der Waals surface area contributed by atoms with Gasteiger partial charge in [0.2, 0.25) is 0 Å². The number of unbranched alkanes of at least 4 members (excludes halogenated alkanes) is 1. The third kappa shape index (κ3) is 3.29. The SMILES string of the molecule is CCCCOc1cc(-n2nc3n(c2=O)CCCC3)c(F)cc1C(=O)O. The molecule has 1 N–H and O–H groups in total. The van der Waals surface area contributed by atoms with Crippen molar-refractivity contribution in [1.82, 2.24) is 14.3 Å². The number of hydrogen-bond donors (Lipinski definition) is 1. The number of aryl methyl sites for hydroxylation is 1. The van der Waals surface area contributed by atoms with Crippen LogP contribution < -0.4 is 10.4 Å². The smallest absolute Gasteiger partial charge is 0.350 e. The number of carboxylic acids is 1. The number of aromatic nitrogens is 3. The van der Waals surface area contributed by atoms with E-state index in [0.29, 0.717) is 25.4 Å². The molecule has 0 saturated heterocycles. The van der Waals surface area contributed by atoms with Crippen LogP contribution in [0.4, 0.5) is 4.39 Å². The minimum Gasteiger partial charge on any atom is -0.493 e. The standard InChI is InChI=1S/C17H20FN3O4/c1-2-3-8-25-14-10-13(12(18)9-11(14)16(22)23)21-17(24)20-7-5-4-6-15(20)19-21/h9-10H,2-8H2,1H3,(H,22,23). The number of nitrogens with zero attached hydrogens (tertiary/aromatic N) is 3. The van der Waals surface area contributed by atoms with Gasteiger partial charge in [-0.3, -0.25) is 4.57 Å². The quantitative estimate of drug-likeness (QED) is 0.809. The van der Waals surface area contributed by atoms with Crippen molar-refractivity contribution in [3.05, 3.63) is 39.8 Å². The molecule has 0 unspecified atom stereocenters. The van der Waals surface area contributed by atoms with Crippen molar-refractivity contribution in [2.75, 3.05) is 6.61 Å². The first-order valence-corrected chi connectivity index (χ1v) is 8.41. The molecule has 0 aliphatic carbocycles. The lowest BCUT2D eigenvalue weighted by Gasteiger charge is -2.11. The summed E-state index contributed by atoms with van der Waals surface area (Å²) in [5.41, 5.74) is -0.783. The minimum atomic E-state index is -1.28. The Bertz CT molecular complexity index is 856. The zero-order valence-electron chi connectivity index (χ0n) is 14.0. The summed E-state index contributed by atoms with van der Waals surface area (Å²) in [5, 5.41) is 13.5. The van der Waals surface area contributed by atoms with E-state index in [2.05, 4.69) is 5.10 Å². The molecule has 0 fully saturated rings. The number of ether oxygens (including phenoxy) is 1. The Balaban J connectivity index is 2.07. The number of rotatable bonds is 6. The van der Waals surface area contributed by atoms with Crippen LogP contribution in [0, 0.1) is 5.82 Å². The molecule has 2 heterocycles. The van der Waals surface area contributed by atoms with Gasteiger partial charge in [0.05, 0.1) is 6.61 Å². The van der Waals surface area contributed by atoms with Gasteiger partial charge in [-0.15, -0.1) is 5.10 Å². The second-order valence-electron chi connectivity index (χ2n) is 6.03. The Morgan fingerprint density at radius 3 is 2.88 bits per heavy atom. The lowest BCUT2D eigenvalue weighted by molar-refractivity contribution is 0.0691. The highest BCUT2D eigenvalue weighted by molar-refractivity contribution is 5.91. The van der Waals surface area contributed by atoms with Crippen LogP contribution in [-0.2, 0) is 13.0 Å². The van der Waals surface area contributed by atoms with Gasteiger partial charge in [-0.2, -0.15) is 4.68 Å². The number of halogens is 1. The third-order valence-electron chi connectivity index (χ3n) is 4.23. The Morgan fingerprint density at radius 1 is 1.40 bits per heavy atom. The van der Waals surface area contributed by atoms with E-state index >= 15 is 0 Å². The molecule has 25 heavy (non-hydrogen) atoms. The van der Waals surface area contributed by atoms with E-state index in [-0.39, 0.29) is 17.0 Å². The molecule has 0 amide bonds. The van der Waals surface area contributed by atoms with Crippen LogP contribution in [0.25, 0.3) is 5.69 Å². The molecule has 0 saturated carbocycles. The maximum atomic E-state index is 14.5. The summed E-state index contributed by atoms with van der Waals surface area (Å²) in [7, 11) is 0. The van der Waals surface area contributed by atoms with E-state index in [1.807, 2.05) is 6.92 Å². The molecular weight excluding hydrogens is 329 g/mol. The number of aromatic carboxylic acids is 1. The molecule has 8 heteroatoms. The van der Waals surface area contributed by atoms with E-state index in [4.69, 9.17) is 4.74 Å². The summed E-state index contributed by atoms with van der Waals surface area (Å²) in [6.07, 6.45) is 4.10. The Kier molecular flexibility index (Phi) is 4.87. The molecule has 0 bridgehead atoms. The van der Waals surface area contributed by atoms with E-state index < -0.39 is 17.5 Å². The zero-order chi connectivity index (χ0) is 18.0. The number of carbonyl (C=O) groups is 1. The largest absolute Gasteiger partial charge is 0.493 e. The highest BCUT2D eigenvalue weighted by Gasteiger charge is 2.22. The molecule has 1 aromatic carbocycles. The summed E-state index contributed by atoms with van der Waals surface area (Å²) in [4.78, 5) is 23.8. The van der Waals surface area contributed by atoms with Gasteiger partial charge >= 0.3 is 11.7 Å². The highest BCUT2D eigenvalue weighted by atomic mass is 19.1. The predicted octanol–water partition coefficient (Wildman–Crippen LogP) is 2.39. The molecule has 134 valence electrons. The molecule has 0 spiro atoms. The summed E-state index contributed by atoms with van der Waals surface area (Å²) >= 11 is 0. The fraction of sp³-hybridized carbons (Fsp3) is 0.471. The molecule has 3 rings (SSSR count). The van der Waals surface area contributed by atoms with Crippen molar-refractivity contribution >= 4 is 5.97 Å². The number of benzene rings is 1. The van der Waals surface area contributed by atoms with E-state index in [9.17, 15) is 19.1 Å². The van der Waals surface area contributed by atoms with Gasteiger partial charge in [-0.25, -0.2) is 14.0 Å². The van der Waals surface area contributed by atoms with Crippen molar-refractivity contribution in [3.8, 4) is 11.4 Å². The van der Waals surface area contributed by atoms with Crippen LogP contribution in [0.2, 0.25) is 0 Å². The van der Waals surface area contributed by atoms with E-state index in [1.165, 1.54) is 10.6 Å². The third-order valence-corrected chi connectivity index (χ3v) is 4.23. The van der Waals surface area contributed by atoms with Gasteiger partial charge < -0.3 is 9.84 Å². The summed E-state index contributed by atoms with van der Waals surface area (Å²) in [6, 6.07) is 2.12.